The highest BCUT2D eigenvalue weighted by Crippen LogP contribution is 2.26. The van der Waals surface area contributed by atoms with Crippen molar-refractivity contribution in [1.82, 2.24) is 14.5 Å². The molecule has 0 bridgehead atoms. The van der Waals surface area contributed by atoms with E-state index in [-0.39, 0.29) is 17.5 Å². The zero-order chi connectivity index (χ0) is 22.4. The van der Waals surface area contributed by atoms with Gasteiger partial charge in [-0.3, -0.25) is 14.2 Å². The molecular formula is C24H28BrN3O3. The van der Waals surface area contributed by atoms with Crippen LogP contribution in [0.4, 0.5) is 0 Å². The molecule has 0 aliphatic carbocycles. The minimum Gasteiger partial charge on any atom is -0.383 e. The molecule has 2 aromatic carbocycles. The number of halogens is 1. The van der Waals surface area contributed by atoms with E-state index in [1.165, 1.54) is 0 Å². The van der Waals surface area contributed by atoms with Crippen LogP contribution in [0.15, 0.2) is 57.8 Å². The maximum Gasteiger partial charge on any atom is 0.261 e. The quantitative estimate of drug-likeness (QED) is 0.436. The lowest BCUT2D eigenvalue weighted by molar-refractivity contribution is 0.0654. The molecule has 0 radical (unpaired) electrons. The van der Waals surface area contributed by atoms with Crippen molar-refractivity contribution < 1.29 is 9.53 Å². The molecule has 3 aromatic rings. The molecule has 0 aliphatic rings. The summed E-state index contributed by atoms with van der Waals surface area (Å²) in [6, 6.07) is 14.4. The Labute approximate surface area is 191 Å². The highest BCUT2D eigenvalue weighted by molar-refractivity contribution is 9.10. The molecule has 3 rings (SSSR count). The van der Waals surface area contributed by atoms with Gasteiger partial charge in [-0.25, -0.2) is 4.98 Å². The van der Waals surface area contributed by atoms with E-state index in [1.54, 1.807) is 17.7 Å². The van der Waals surface area contributed by atoms with Crippen molar-refractivity contribution in [3.05, 3.63) is 74.7 Å². The number of carbonyl (C=O) groups is 1. The molecule has 7 heteroatoms. The highest BCUT2D eigenvalue weighted by atomic mass is 79.9. The average molecular weight is 486 g/mol. The average Bonchev–Trinajstić information content (AvgIpc) is 2.79. The van der Waals surface area contributed by atoms with Gasteiger partial charge in [0.25, 0.3) is 11.5 Å². The number of aromatic nitrogens is 2. The molecule has 0 aliphatic heterocycles. The maximum absolute atomic E-state index is 13.5. The first-order valence-corrected chi connectivity index (χ1v) is 11.4. The van der Waals surface area contributed by atoms with Gasteiger partial charge < -0.3 is 9.64 Å². The van der Waals surface area contributed by atoms with Gasteiger partial charge in [0.05, 0.1) is 30.1 Å². The van der Waals surface area contributed by atoms with Gasteiger partial charge in [-0.05, 0) is 49.2 Å². The van der Waals surface area contributed by atoms with Crippen molar-refractivity contribution in [2.45, 2.75) is 39.3 Å². The molecule has 1 heterocycles. The molecule has 6 nitrogen and oxygen atoms in total. The van der Waals surface area contributed by atoms with Crippen LogP contribution in [0, 0.1) is 0 Å². The van der Waals surface area contributed by atoms with Crippen LogP contribution in [-0.4, -0.2) is 40.6 Å². The van der Waals surface area contributed by atoms with E-state index in [0.29, 0.717) is 48.4 Å². The van der Waals surface area contributed by atoms with E-state index < -0.39 is 0 Å². The first-order valence-electron chi connectivity index (χ1n) is 10.6. The van der Waals surface area contributed by atoms with Crippen molar-refractivity contribution >= 4 is 32.7 Å². The Morgan fingerprint density at radius 3 is 2.52 bits per heavy atom. The number of hydrogen-bond acceptors (Lipinski definition) is 4. The van der Waals surface area contributed by atoms with Gasteiger partial charge in [0.15, 0.2) is 0 Å². The number of methoxy groups -OCH3 is 1. The number of carbonyl (C=O) groups excluding carboxylic acids is 1. The van der Waals surface area contributed by atoms with Crippen LogP contribution in [0.5, 0.6) is 0 Å². The molecule has 0 spiro atoms. The minimum atomic E-state index is -0.328. The second-order valence-electron chi connectivity index (χ2n) is 7.37. The van der Waals surface area contributed by atoms with Gasteiger partial charge in [-0.1, -0.05) is 41.9 Å². The highest BCUT2D eigenvalue weighted by Gasteiger charge is 2.28. The second-order valence-corrected chi connectivity index (χ2v) is 8.28. The van der Waals surface area contributed by atoms with Gasteiger partial charge in [0, 0.05) is 23.7 Å². The molecule has 1 aromatic heterocycles. The van der Waals surface area contributed by atoms with E-state index in [0.717, 1.165) is 10.9 Å². The van der Waals surface area contributed by atoms with Crippen LogP contribution in [-0.2, 0) is 11.3 Å². The Morgan fingerprint density at radius 2 is 1.87 bits per heavy atom. The molecular weight excluding hydrogens is 458 g/mol. The predicted molar refractivity (Wildman–Crippen MR) is 126 cm³/mol. The van der Waals surface area contributed by atoms with Crippen molar-refractivity contribution in [2.75, 3.05) is 20.3 Å². The molecule has 0 N–H and O–H groups in total. The third-order valence-corrected chi connectivity index (χ3v) is 5.82. The molecule has 31 heavy (non-hydrogen) atoms. The molecule has 1 amide bonds. The van der Waals surface area contributed by atoms with Crippen LogP contribution >= 0.6 is 15.9 Å². The van der Waals surface area contributed by atoms with Gasteiger partial charge in [-0.2, -0.15) is 0 Å². The number of hydrogen-bond donors (Lipinski definition) is 0. The standard InChI is InChI=1S/C24H28BrN3O3/c1-4-14-27(23(29)17-10-12-18(25)13-11-17)21(5-2)22-26-20-9-7-6-8-19(20)24(30)28(22)15-16-31-3/h6-13,21H,4-5,14-16H2,1-3H3. The third kappa shape index (κ3) is 5.05. The monoisotopic (exact) mass is 485 g/mol. The molecule has 1 unspecified atom stereocenters. The Balaban J connectivity index is 2.14. The number of para-hydroxylation sites is 1. The fourth-order valence-electron chi connectivity index (χ4n) is 3.78. The van der Waals surface area contributed by atoms with Crippen molar-refractivity contribution in [3.8, 4) is 0 Å². The Bertz CT molecular complexity index is 1100. The molecule has 1 atom stereocenters. The summed E-state index contributed by atoms with van der Waals surface area (Å²) in [5.74, 6) is 0.532. The van der Waals surface area contributed by atoms with Crippen molar-refractivity contribution in [1.29, 1.82) is 0 Å². The van der Waals surface area contributed by atoms with Gasteiger partial charge in [0.2, 0.25) is 0 Å². The fraction of sp³-hybridized carbons (Fsp3) is 0.375. The van der Waals surface area contributed by atoms with Crippen molar-refractivity contribution in [2.24, 2.45) is 0 Å². The Hall–Kier alpha value is -2.51. The first kappa shape index (κ1) is 23.2. The lowest BCUT2D eigenvalue weighted by Gasteiger charge is -2.32. The number of fused-ring (bicyclic) bond motifs is 1. The molecule has 0 saturated heterocycles. The third-order valence-electron chi connectivity index (χ3n) is 5.29. The summed E-state index contributed by atoms with van der Waals surface area (Å²) < 4.78 is 7.83. The van der Waals surface area contributed by atoms with Gasteiger partial charge >= 0.3 is 0 Å². The molecule has 0 saturated carbocycles. The summed E-state index contributed by atoms with van der Waals surface area (Å²) in [4.78, 5) is 33.5. The summed E-state index contributed by atoms with van der Waals surface area (Å²) >= 11 is 3.42. The van der Waals surface area contributed by atoms with E-state index in [4.69, 9.17) is 9.72 Å². The number of ether oxygens (including phenoxy) is 1. The summed E-state index contributed by atoms with van der Waals surface area (Å²) in [7, 11) is 1.61. The summed E-state index contributed by atoms with van der Waals surface area (Å²) in [6.07, 6.45) is 1.44. The summed E-state index contributed by atoms with van der Waals surface area (Å²) in [5.41, 5.74) is 1.15. The topological polar surface area (TPSA) is 64.4 Å². The predicted octanol–water partition coefficient (Wildman–Crippen LogP) is 4.81. The number of rotatable bonds is 9. The van der Waals surface area contributed by atoms with E-state index in [2.05, 4.69) is 15.9 Å². The lowest BCUT2D eigenvalue weighted by Crippen LogP contribution is -2.39. The lowest BCUT2D eigenvalue weighted by atomic mass is 10.1. The first-order chi connectivity index (χ1) is 15.0. The SMILES string of the molecule is CCCN(C(=O)c1ccc(Br)cc1)C(CC)c1nc2ccccc2c(=O)n1CCOC. The largest absolute Gasteiger partial charge is 0.383 e. The van der Waals surface area contributed by atoms with Gasteiger partial charge in [0.1, 0.15) is 5.82 Å². The van der Waals surface area contributed by atoms with E-state index in [1.807, 2.05) is 61.2 Å². The van der Waals surface area contributed by atoms with Crippen LogP contribution in [0.2, 0.25) is 0 Å². The smallest absolute Gasteiger partial charge is 0.261 e. The Kier molecular flexibility index (Phi) is 7.98. The fourth-order valence-corrected chi connectivity index (χ4v) is 4.04. The number of amides is 1. The second kappa shape index (κ2) is 10.7. The van der Waals surface area contributed by atoms with E-state index >= 15 is 0 Å². The van der Waals surface area contributed by atoms with Crippen LogP contribution < -0.4 is 5.56 Å². The zero-order valence-electron chi connectivity index (χ0n) is 18.2. The molecule has 164 valence electrons. The minimum absolute atomic E-state index is 0.0677. The number of nitrogens with zero attached hydrogens (tertiary/aromatic N) is 3. The Morgan fingerprint density at radius 1 is 1.16 bits per heavy atom. The maximum atomic E-state index is 13.5. The number of benzene rings is 2. The van der Waals surface area contributed by atoms with Crippen molar-refractivity contribution in [3.63, 3.8) is 0 Å². The van der Waals surface area contributed by atoms with Crippen LogP contribution in [0.3, 0.4) is 0 Å². The normalized spacial score (nSPS) is 12.1. The van der Waals surface area contributed by atoms with Crippen LogP contribution in [0.25, 0.3) is 10.9 Å². The summed E-state index contributed by atoms with van der Waals surface area (Å²) in [6.45, 7) is 5.40. The van der Waals surface area contributed by atoms with Gasteiger partial charge in [-0.15, -0.1) is 0 Å². The zero-order valence-corrected chi connectivity index (χ0v) is 19.8. The van der Waals surface area contributed by atoms with Crippen LogP contribution in [0.1, 0.15) is 48.9 Å². The molecule has 0 fully saturated rings. The van der Waals surface area contributed by atoms with E-state index in [9.17, 15) is 9.59 Å². The summed E-state index contributed by atoms with van der Waals surface area (Å²) in [5, 5.41) is 0.568.